The first kappa shape index (κ1) is 18.2. The third kappa shape index (κ3) is 5.18. The van der Waals surface area contributed by atoms with Crippen molar-refractivity contribution in [3.8, 4) is 5.75 Å². The largest absolute Gasteiger partial charge is 0.494 e. The average molecular weight is 343 g/mol. The minimum absolute atomic E-state index is 0.317. The molecule has 1 aliphatic rings. The Balaban J connectivity index is 1.46. The lowest BCUT2D eigenvalue weighted by atomic mass is 10.0. The van der Waals surface area contributed by atoms with E-state index in [2.05, 4.69) is 41.7 Å². The van der Waals surface area contributed by atoms with E-state index in [-0.39, 0.29) is 0 Å². The van der Waals surface area contributed by atoms with E-state index in [1.54, 1.807) is 0 Å². The maximum Gasteiger partial charge on any atom is 0.124 e. The van der Waals surface area contributed by atoms with Crippen LogP contribution in [0, 0.1) is 0 Å². The Bertz CT molecular complexity index is 653. The van der Waals surface area contributed by atoms with Crippen molar-refractivity contribution in [3.05, 3.63) is 42.0 Å². The van der Waals surface area contributed by atoms with Gasteiger partial charge in [-0.1, -0.05) is 30.3 Å². The molecule has 1 fully saturated rings. The van der Waals surface area contributed by atoms with Gasteiger partial charge in [-0.3, -0.25) is 0 Å². The predicted octanol–water partition coefficient (Wildman–Crippen LogP) is 3.91. The van der Waals surface area contributed by atoms with Crippen LogP contribution in [0.15, 0.2) is 36.4 Å². The molecule has 136 valence electrons. The summed E-state index contributed by atoms with van der Waals surface area (Å²) >= 11 is 0. The molecule has 0 amide bonds. The fourth-order valence-corrected chi connectivity index (χ4v) is 3.29. The van der Waals surface area contributed by atoms with Crippen LogP contribution in [-0.2, 0) is 16.0 Å². The van der Waals surface area contributed by atoms with Crippen molar-refractivity contribution >= 4 is 10.8 Å². The van der Waals surface area contributed by atoms with Crippen molar-refractivity contribution in [2.24, 2.45) is 0 Å². The van der Waals surface area contributed by atoms with E-state index in [9.17, 15) is 0 Å². The second kappa shape index (κ2) is 9.76. The minimum atomic E-state index is 0.317. The van der Waals surface area contributed by atoms with Gasteiger partial charge in [0.25, 0.3) is 0 Å². The Kier molecular flexibility index (Phi) is 7.10. The van der Waals surface area contributed by atoms with Gasteiger partial charge in [0.2, 0.25) is 0 Å². The van der Waals surface area contributed by atoms with Gasteiger partial charge < -0.3 is 19.5 Å². The summed E-state index contributed by atoms with van der Waals surface area (Å²) in [6.07, 6.45) is 3.63. The van der Waals surface area contributed by atoms with Gasteiger partial charge >= 0.3 is 0 Å². The van der Waals surface area contributed by atoms with Crippen LogP contribution in [0.5, 0.6) is 5.75 Å². The summed E-state index contributed by atoms with van der Waals surface area (Å²) in [6.45, 7) is 6.85. The van der Waals surface area contributed by atoms with Crippen molar-refractivity contribution < 1.29 is 14.2 Å². The third-order valence-corrected chi connectivity index (χ3v) is 4.57. The summed E-state index contributed by atoms with van der Waals surface area (Å²) in [4.78, 5) is 0. The lowest BCUT2D eigenvalue weighted by Gasteiger charge is -2.14. The molecule has 1 saturated heterocycles. The van der Waals surface area contributed by atoms with Gasteiger partial charge in [-0.15, -0.1) is 0 Å². The topological polar surface area (TPSA) is 39.7 Å². The summed E-state index contributed by atoms with van der Waals surface area (Å²) < 4.78 is 17.1. The molecular weight excluding hydrogens is 314 g/mol. The van der Waals surface area contributed by atoms with Gasteiger partial charge in [0.1, 0.15) is 5.75 Å². The van der Waals surface area contributed by atoms with Crippen molar-refractivity contribution in [3.63, 3.8) is 0 Å². The maximum atomic E-state index is 5.82. The Hall–Kier alpha value is -1.62. The van der Waals surface area contributed by atoms with E-state index in [0.29, 0.717) is 12.7 Å². The number of nitrogens with one attached hydrogen (secondary N) is 1. The molecule has 0 bridgehead atoms. The summed E-state index contributed by atoms with van der Waals surface area (Å²) in [6, 6.07) is 12.7. The minimum Gasteiger partial charge on any atom is -0.494 e. The number of hydrogen-bond acceptors (Lipinski definition) is 4. The van der Waals surface area contributed by atoms with E-state index in [4.69, 9.17) is 14.2 Å². The molecule has 0 spiro atoms. The van der Waals surface area contributed by atoms with Gasteiger partial charge in [-0.25, -0.2) is 0 Å². The lowest BCUT2D eigenvalue weighted by Crippen LogP contribution is -2.19. The van der Waals surface area contributed by atoms with E-state index < -0.39 is 0 Å². The molecule has 0 aliphatic carbocycles. The molecule has 3 rings (SSSR count). The molecule has 1 heterocycles. The Morgan fingerprint density at radius 2 is 2.12 bits per heavy atom. The second-order valence-electron chi connectivity index (χ2n) is 6.44. The highest BCUT2D eigenvalue weighted by atomic mass is 16.5. The van der Waals surface area contributed by atoms with Crippen molar-refractivity contribution in [2.45, 2.75) is 38.8 Å². The van der Waals surface area contributed by atoms with Crippen LogP contribution in [0.1, 0.15) is 31.7 Å². The molecule has 1 atom stereocenters. The van der Waals surface area contributed by atoms with Gasteiger partial charge in [0.15, 0.2) is 0 Å². The fourth-order valence-electron chi connectivity index (χ4n) is 3.29. The molecule has 25 heavy (non-hydrogen) atoms. The fraction of sp³-hybridized carbons (Fsp3) is 0.524. The first-order chi connectivity index (χ1) is 12.4. The third-order valence-electron chi connectivity index (χ3n) is 4.57. The Morgan fingerprint density at radius 3 is 2.96 bits per heavy atom. The van der Waals surface area contributed by atoms with E-state index in [1.165, 1.54) is 22.8 Å². The highest BCUT2D eigenvalue weighted by Crippen LogP contribution is 2.28. The molecule has 2 aromatic carbocycles. The zero-order valence-corrected chi connectivity index (χ0v) is 15.1. The Labute approximate surface area is 150 Å². The van der Waals surface area contributed by atoms with E-state index in [1.807, 2.05) is 6.92 Å². The summed E-state index contributed by atoms with van der Waals surface area (Å²) in [7, 11) is 0. The summed E-state index contributed by atoms with van der Waals surface area (Å²) in [5.41, 5.74) is 1.24. The SMILES string of the molecule is CCOc1ccc2ccccc2c1CNCCCOCC1CCCO1. The van der Waals surface area contributed by atoms with Crippen molar-refractivity contribution in [2.75, 3.05) is 33.0 Å². The maximum absolute atomic E-state index is 5.82. The van der Waals surface area contributed by atoms with Crippen LogP contribution in [0.4, 0.5) is 0 Å². The molecule has 1 aliphatic heterocycles. The number of benzene rings is 2. The van der Waals surface area contributed by atoms with Crippen LogP contribution in [0.3, 0.4) is 0 Å². The van der Waals surface area contributed by atoms with Gasteiger partial charge in [-0.05, 0) is 49.6 Å². The highest BCUT2D eigenvalue weighted by Gasteiger charge is 2.15. The number of rotatable bonds is 10. The monoisotopic (exact) mass is 343 g/mol. The summed E-state index contributed by atoms with van der Waals surface area (Å²) in [5, 5.41) is 6.04. The molecule has 4 heteroatoms. The molecule has 0 saturated carbocycles. The summed E-state index contributed by atoms with van der Waals surface area (Å²) in [5.74, 6) is 0.975. The number of fused-ring (bicyclic) bond motifs is 1. The van der Waals surface area contributed by atoms with Crippen LogP contribution in [0.25, 0.3) is 10.8 Å². The van der Waals surface area contributed by atoms with E-state index in [0.717, 1.165) is 51.5 Å². The van der Waals surface area contributed by atoms with Crippen molar-refractivity contribution in [1.82, 2.24) is 5.32 Å². The molecule has 1 N–H and O–H groups in total. The predicted molar refractivity (Wildman–Crippen MR) is 101 cm³/mol. The van der Waals surface area contributed by atoms with Gasteiger partial charge in [-0.2, -0.15) is 0 Å². The van der Waals surface area contributed by atoms with Gasteiger partial charge in [0.05, 0.1) is 19.3 Å². The molecule has 0 radical (unpaired) electrons. The molecule has 2 aromatic rings. The highest BCUT2D eigenvalue weighted by molar-refractivity contribution is 5.87. The average Bonchev–Trinajstić information content (AvgIpc) is 3.16. The first-order valence-electron chi connectivity index (χ1n) is 9.42. The van der Waals surface area contributed by atoms with Crippen LogP contribution in [0.2, 0.25) is 0 Å². The number of hydrogen-bond donors (Lipinski definition) is 1. The first-order valence-corrected chi connectivity index (χ1v) is 9.42. The van der Waals surface area contributed by atoms with Crippen LogP contribution in [-0.4, -0.2) is 39.1 Å². The molecule has 4 nitrogen and oxygen atoms in total. The van der Waals surface area contributed by atoms with Crippen LogP contribution >= 0.6 is 0 Å². The Morgan fingerprint density at radius 1 is 1.20 bits per heavy atom. The zero-order valence-electron chi connectivity index (χ0n) is 15.1. The molecular formula is C21H29NO3. The normalized spacial score (nSPS) is 17.2. The molecule has 1 unspecified atom stereocenters. The smallest absolute Gasteiger partial charge is 0.124 e. The van der Waals surface area contributed by atoms with Crippen molar-refractivity contribution in [1.29, 1.82) is 0 Å². The standard InChI is InChI=1S/C21H29NO3/c1-2-24-21-11-10-17-7-3-4-9-19(17)20(21)15-22-12-6-13-23-16-18-8-5-14-25-18/h3-4,7,9-11,18,22H,2,5-6,8,12-16H2,1H3. The van der Waals surface area contributed by atoms with E-state index >= 15 is 0 Å². The zero-order chi connectivity index (χ0) is 17.3. The second-order valence-corrected chi connectivity index (χ2v) is 6.44. The molecule has 0 aromatic heterocycles. The van der Waals surface area contributed by atoms with Crippen LogP contribution < -0.4 is 10.1 Å². The van der Waals surface area contributed by atoms with Gasteiger partial charge in [0, 0.05) is 25.3 Å². The quantitative estimate of drug-likeness (QED) is 0.664. The lowest BCUT2D eigenvalue weighted by molar-refractivity contribution is 0.0166. The number of ether oxygens (including phenoxy) is 3.